The van der Waals surface area contributed by atoms with E-state index >= 15 is 0 Å². The molecule has 0 amide bonds. The predicted octanol–water partition coefficient (Wildman–Crippen LogP) is 4.67. The lowest BCUT2D eigenvalue weighted by atomic mass is 10.0. The van der Waals surface area contributed by atoms with E-state index in [4.69, 9.17) is 11.6 Å². The third-order valence-electron chi connectivity index (χ3n) is 2.51. The third-order valence-corrected chi connectivity index (χ3v) is 2.73. The number of aryl methyl sites for hydroxylation is 1. The summed E-state index contributed by atoms with van der Waals surface area (Å²) in [5.41, 5.74) is 4.05. The van der Waals surface area contributed by atoms with Crippen molar-refractivity contribution >= 4 is 17.2 Å². The van der Waals surface area contributed by atoms with Crippen LogP contribution in [0.2, 0.25) is 0 Å². The van der Waals surface area contributed by atoms with Gasteiger partial charge in [-0.1, -0.05) is 43.7 Å². The highest BCUT2D eigenvalue weighted by molar-refractivity contribution is 6.17. The molecule has 82 valence electrons. The fraction of sp³-hybridized carbons (Fsp3) is 0.429. The van der Waals surface area contributed by atoms with Crippen LogP contribution >= 0.6 is 11.6 Å². The van der Waals surface area contributed by atoms with Crippen molar-refractivity contribution in [1.29, 1.82) is 0 Å². The molecule has 1 aromatic carbocycles. The molecule has 0 aliphatic carbocycles. The normalized spacial score (nSPS) is 11.8. The molecule has 0 nitrogen and oxygen atoms in total. The summed E-state index contributed by atoms with van der Waals surface area (Å²) in [5.74, 6) is 0.700. The standard InChI is InChI=1S/C14H19Cl/c1-3-5-13-7-9-14(10-8-13)12(2)6-4-11-15/h6-10H,3-5,11H2,1-2H3/b12-6+. The number of hydrogen-bond donors (Lipinski definition) is 0. The first-order valence-corrected chi connectivity index (χ1v) is 6.13. The maximum Gasteiger partial charge on any atom is 0.0258 e. The molecule has 0 bridgehead atoms. The molecule has 1 heteroatoms. The first-order chi connectivity index (χ1) is 7.27. The van der Waals surface area contributed by atoms with Gasteiger partial charge in [-0.15, -0.1) is 11.6 Å². The van der Waals surface area contributed by atoms with Crippen molar-refractivity contribution in [2.75, 3.05) is 5.88 Å². The zero-order valence-corrected chi connectivity index (χ0v) is 10.3. The monoisotopic (exact) mass is 222 g/mol. The minimum absolute atomic E-state index is 0.700. The van der Waals surface area contributed by atoms with Gasteiger partial charge in [-0.05, 0) is 36.5 Å². The average molecular weight is 223 g/mol. The second-order valence-corrected chi connectivity index (χ2v) is 4.19. The first-order valence-electron chi connectivity index (χ1n) is 5.60. The summed E-state index contributed by atoms with van der Waals surface area (Å²) in [5, 5.41) is 0. The van der Waals surface area contributed by atoms with Crippen molar-refractivity contribution < 1.29 is 0 Å². The van der Waals surface area contributed by atoms with Crippen molar-refractivity contribution in [3.8, 4) is 0 Å². The van der Waals surface area contributed by atoms with E-state index in [0.717, 1.165) is 6.42 Å². The van der Waals surface area contributed by atoms with Gasteiger partial charge in [0.25, 0.3) is 0 Å². The summed E-state index contributed by atoms with van der Waals surface area (Å²) in [4.78, 5) is 0. The molecule has 0 N–H and O–H groups in total. The summed E-state index contributed by atoms with van der Waals surface area (Å²) in [7, 11) is 0. The van der Waals surface area contributed by atoms with E-state index in [0.29, 0.717) is 5.88 Å². The van der Waals surface area contributed by atoms with E-state index in [1.165, 1.54) is 29.5 Å². The van der Waals surface area contributed by atoms with Crippen LogP contribution in [0.15, 0.2) is 30.3 Å². The molecule has 0 fully saturated rings. The molecule has 0 saturated carbocycles. The Balaban J connectivity index is 2.70. The van der Waals surface area contributed by atoms with E-state index in [1.54, 1.807) is 0 Å². The Labute approximate surface area is 98.0 Å². The van der Waals surface area contributed by atoms with Gasteiger partial charge in [0.05, 0.1) is 0 Å². The summed E-state index contributed by atoms with van der Waals surface area (Å²) in [6.07, 6.45) is 5.52. The number of rotatable bonds is 5. The summed E-state index contributed by atoms with van der Waals surface area (Å²) in [6.45, 7) is 4.35. The molecule has 0 aromatic heterocycles. The molecule has 0 unspecified atom stereocenters. The maximum absolute atomic E-state index is 5.65. The number of alkyl halides is 1. The summed E-state index contributed by atoms with van der Waals surface area (Å²) < 4.78 is 0. The van der Waals surface area contributed by atoms with Crippen molar-refractivity contribution in [2.45, 2.75) is 33.1 Å². The van der Waals surface area contributed by atoms with E-state index in [2.05, 4.69) is 44.2 Å². The highest BCUT2D eigenvalue weighted by Gasteiger charge is 1.95. The minimum Gasteiger partial charge on any atom is -0.126 e. The van der Waals surface area contributed by atoms with E-state index in [-0.39, 0.29) is 0 Å². The molecule has 0 aliphatic heterocycles. The Hall–Kier alpha value is -0.750. The molecule has 15 heavy (non-hydrogen) atoms. The van der Waals surface area contributed by atoms with Gasteiger partial charge >= 0.3 is 0 Å². The van der Waals surface area contributed by atoms with Gasteiger partial charge in [-0.2, -0.15) is 0 Å². The fourth-order valence-electron chi connectivity index (χ4n) is 1.61. The number of hydrogen-bond acceptors (Lipinski definition) is 0. The molecule has 0 heterocycles. The zero-order valence-electron chi connectivity index (χ0n) is 9.59. The van der Waals surface area contributed by atoms with Crippen LogP contribution in [0.5, 0.6) is 0 Å². The van der Waals surface area contributed by atoms with Crippen LogP contribution in [-0.4, -0.2) is 5.88 Å². The third kappa shape index (κ3) is 4.09. The maximum atomic E-state index is 5.65. The molecular weight excluding hydrogens is 204 g/mol. The molecule has 1 aromatic rings. The van der Waals surface area contributed by atoms with Gasteiger partial charge in [-0.3, -0.25) is 0 Å². The smallest absolute Gasteiger partial charge is 0.0258 e. The first kappa shape index (κ1) is 12.3. The Kier molecular flexibility index (Phi) is 5.49. The van der Waals surface area contributed by atoms with Crippen LogP contribution in [0.25, 0.3) is 5.57 Å². The number of benzene rings is 1. The van der Waals surface area contributed by atoms with Gasteiger partial charge in [0.15, 0.2) is 0 Å². The van der Waals surface area contributed by atoms with Crippen LogP contribution in [0.1, 0.15) is 37.8 Å². The number of halogens is 1. The van der Waals surface area contributed by atoms with E-state index in [9.17, 15) is 0 Å². The molecule has 0 atom stereocenters. The molecule has 0 aliphatic rings. The van der Waals surface area contributed by atoms with Crippen LogP contribution in [0.3, 0.4) is 0 Å². The minimum atomic E-state index is 0.700. The number of allylic oxidation sites excluding steroid dienone is 2. The van der Waals surface area contributed by atoms with E-state index < -0.39 is 0 Å². The average Bonchev–Trinajstić information content (AvgIpc) is 2.27. The largest absolute Gasteiger partial charge is 0.126 e. The Morgan fingerprint density at radius 1 is 1.27 bits per heavy atom. The SMILES string of the molecule is CCCc1ccc(/C(C)=C/CCCl)cc1. The molecule has 0 spiro atoms. The van der Waals surface area contributed by atoms with Gasteiger partial charge in [0, 0.05) is 5.88 Å². The molecular formula is C14H19Cl. The van der Waals surface area contributed by atoms with Crippen molar-refractivity contribution in [3.63, 3.8) is 0 Å². The summed E-state index contributed by atoms with van der Waals surface area (Å²) in [6, 6.07) is 8.84. The zero-order chi connectivity index (χ0) is 11.1. The Morgan fingerprint density at radius 2 is 1.93 bits per heavy atom. The van der Waals surface area contributed by atoms with Crippen LogP contribution in [0, 0.1) is 0 Å². The van der Waals surface area contributed by atoms with Crippen LogP contribution in [-0.2, 0) is 6.42 Å². The van der Waals surface area contributed by atoms with Crippen molar-refractivity contribution in [3.05, 3.63) is 41.5 Å². The van der Waals surface area contributed by atoms with Gasteiger partial charge < -0.3 is 0 Å². The van der Waals surface area contributed by atoms with Crippen LogP contribution in [0.4, 0.5) is 0 Å². The highest BCUT2D eigenvalue weighted by Crippen LogP contribution is 2.16. The molecule has 0 radical (unpaired) electrons. The van der Waals surface area contributed by atoms with Gasteiger partial charge in [-0.25, -0.2) is 0 Å². The van der Waals surface area contributed by atoms with Crippen molar-refractivity contribution in [1.82, 2.24) is 0 Å². The van der Waals surface area contributed by atoms with Crippen molar-refractivity contribution in [2.24, 2.45) is 0 Å². The fourth-order valence-corrected chi connectivity index (χ4v) is 1.72. The Morgan fingerprint density at radius 3 is 2.47 bits per heavy atom. The lowest BCUT2D eigenvalue weighted by Crippen LogP contribution is -1.85. The highest BCUT2D eigenvalue weighted by atomic mass is 35.5. The quantitative estimate of drug-likeness (QED) is 0.635. The Bertz CT molecular complexity index is 309. The second-order valence-electron chi connectivity index (χ2n) is 3.81. The van der Waals surface area contributed by atoms with Gasteiger partial charge in [0.2, 0.25) is 0 Å². The van der Waals surface area contributed by atoms with Gasteiger partial charge in [0.1, 0.15) is 0 Å². The topological polar surface area (TPSA) is 0 Å². The van der Waals surface area contributed by atoms with Crippen LogP contribution < -0.4 is 0 Å². The molecule has 0 saturated heterocycles. The lowest BCUT2D eigenvalue weighted by Gasteiger charge is -2.03. The summed E-state index contributed by atoms with van der Waals surface area (Å²) >= 11 is 5.65. The second kappa shape index (κ2) is 6.68. The molecule has 1 rings (SSSR count). The predicted molar refractivity (Wildman–Crippen MR) is 69.4 cm³/mol. The lowest BCUT2D eigenvalue weighted by molar-refractivity contribution is 0.921. The van der Waals surface area contributed by atoms with E-state index in [1.807, 2.05) is 0 Å².